The molecule has 0 spiro atoms. The highest BCUT2D eigenvalue weighted by molar-refractivity contribution is 7.25. The summed E-state index contributed by atoms with van der Waals surface area (Å²) in [6, 6.07) is 4.37. The Morgan fingerprint density at radius 1 is 1.05 bits per heavy atom. The van der Waals surface area contributed by atoms with E-state index in [0.717, 1.165) is 25.8 Å². The molecule has 0 saturated carbocycles. The molecule has 0 unspecified atom stereocenters. The Balaban J connectivity index is 1.73. The molecule has 3 aromatic rings. The van der Waals surface area contributed by atoms with Gasteiger partial charge in [0.25, 0.3) is 0 Å². The fourth-order valence-electron chi connectivity index (χ4n) is 2.46. The van der Waals surface area contributed by atoms with E-state index in [0.29, 0.717) is 0 Å². The molecule has 0 radical (unpaired) electrons. The lowest BCUT2D eigenvalue weighted by atomic mass is 10.2. The van der Waals surface area contributed by atoms with Crippen LogP contribution < -0.4 is 0 Å². The number of aryl methyl sites for hydroxylation is 1. The molecule has 1 N–H and O–H groups in total. The molecule has 0 aliphatic heterocycles. The molecule has 0 atom stereocenters. The second-order valence-corrected chi connectivity index (χ2v) is 6.46. The third kappa shape index (κ3) is 2.40. The normalized spacial score (nSPS) is 11.6. The minimum absolute atomic E-state index is 0.285. The highest BCUT2D eigenvalue weighted by Crippen LogP contribution is 2.36. The van der Waals surface area contributed by atoms with Crippen LogP contribution in [-0.4, -0.2) is 15.6 Å². The van der Waals surface area contributed by atoms with Gasteiger partial charge in [-0.2, -0.15) is 0 Å². The van der Waals surface area contributed by atoms with Gasteiger partial charge in [0, 0.05) is 13.0 Å². The van der Waals surface area contributed by atoms with E-state index in [1.54, 1.807) is 22.7 Å². The van der Waals surface area contributed by atoms with E-state index in [1.165, 1.54) is 20.4 Å². The molecule has 0 aliphatic carbocycles. The summed E-state index contributed by atoms with van der Waals surface area (Å²) in [7, 11) is 0. The first kappa shape index (κ1) is 12.7. The third-order valence-electron chi connectivity index (χ3n) is 3.35. The van der Waals surface area contributed by atoms with Crippen LogP contribution in [0.4, 0.5) is 0 Å². The number of hydrogen-bond donors (Lipinski definition) is 1. The first-order valence-corrected chi connectivity index (χ1v) is 8.18. The number of hydrogen-bond acceptors (Lipinski definition) is 3. The molecule has 0 aliphatic rings. The van der Waals surface area contributed by atoms with Gasteiger partial charge in [-0.05, 0) is 35.7 Å². The van der Waals surface area contributed by atoms with E-state index in [9.17, 15) is 4.79 Å². The number of nitrogens with zero attached hydrogens (tertiary/aromatic N) is 1. The smallest absolute Gasteiger partial charge is 0.303 e. The summed E-state index contributed by atoms with van der Waals surface area (Å²) < 4.78 is 5.14. The molecule has 5 heteroatoms. The highest BCUT2D eigenvalue weighted by Gasteiger charge is 2.12. The number of rotatable bonds is 6. The summed E-state index contributed by atoms with van der Waals surface area (Å²) in [4.78, 5) is 10.5. The number of aliphatic carboxylic acids is 1. The number of carboxylic acids is 1. The van der Waals surface area contributed by atoms with Crippen molar-refractivity contribution >= 4 is 49.1 Å². The molecule has 0 amide bonds. The summed E-state index contributed by atoms with van der Waals surface area (Å²) in [6.45, 7) is 0.979. The van der Waals surface area contributed by atoms with Gasteiger partial charge in [0.2, 0.25) is 0 Å². The van der Waals surface area contributed by atoms with Gasteiger partial charge in [0.05, 0.1) is 20.4 Å². The van der Waals surface area contributed by atoms with Crippen LogP contribution in [0.15, 0.2) is 22.9 Å². The standard InChI is InChI=1S/C14H15NO2S2/c16-12(17)4-2-1-3-7-15-10-5-8-18-13(10)14-11(15)6-9-19-14/h5-6,8-9H,1-4,7H2,(H,16,17). The van der Waals surface area contributed by atoms with Gasteiger partial charge in [0.1, 0.15) is 0 Å². The van der Waals surface area contributed by atoms with Crippen molar-refractivity contribution in [2.45, 2.75) is 32.2 Å². The Labute approximate surface area is 119 Å². The molecule has 19 heavy (non-hydrogen) atoms. The Morgan fingerprint density at radius 2 is 1.68 bits per heavy atom. The molecular weight excluding hydrogens is 278 g/mol. The van der Waals surface area contributed by atoms with Crippen LogP contribution in [0.2, 0.25) is 0 Å². The highest BCUT2D eigenvalue weighted by atomic mass is 32.1. The first-order chi connectivity index (χ1) is 9.27. The largest absolute Gasteiger partial charge is 0.481 e. The third-order valence-corrected chi connectivity index (χ3v) is 5.32. The fourth-order valence-corrected chi connectivity index (χ4v) is 4.44. The average Bonchev–Trinajstić information content (AvgIpc) is 3.03. The number of fused-ring (bicyclic) bond motifs is 3. The summed E-state index contributed by atoms with van der Waals surface area (Å²) >= 11 is 3.60. The predicted octanol–water partition coefficient (Wildman–Crippen LogP) is 4.56. The summed E-state index contributed by atoms with van der Waals surface area (Å²) in [5.41, 5.74) is 2.65. The molecule has 3 heterocycles. The van der Waals surface area contributed by atoms with E-state index in [1.807, 2.05) is 0 Å². The fraction of sp³-hybridized carbons (Fsp3) is 0.357. The molecule has 100 valence electrons. The van der Waals surface area contributed by atoms with E-state index in [2.05, 4.69) is 27.5 Å². The van der Waals surface area contributed by atoms with Gasteiger partial charge in [-0.1, -0.05) is 6.42 Å². The van der Waals surface area contributed by atoms with Gasteiger partial charge in [-0.3, -0.25) is 4.79 Å². The molecule has 3 aromatic heterocycles. The molecule has 0 aromatic carbocycles. The maximum atomic E-state index is 10.5. The second kappa shape index (κ2) is 5.35. The van der Waals surface area contributed by atoms with Crippen LogP contribution in [0, 0.1) is 0 Å². The van der Waals surface area contributed by atoms with Crippen molar-refractivity contribution in [3.8, 4) is 0 Å². The number of carbonyl (C=O) groups is 1. The lowest BCUT2D eigenvalue weighted by Crippen LogP contribution is -1.98. The minimum Gasteiger partial charge on any atom is -0.481 e. The second-order valence-electron chi connectivity index (χ2n) is 4.63. The number of unbranched alkanes of at least 4 members (excludes halogenated alkanes) is 2. The summed E-state index contributed by atoms with van der Waals surface area (Å²) in [5.74, 6) is -0.693. The van der Waals surface area contributed by atoms with Gasteiger partial charge in [-0.15, -0.1) is 22.7 Å². The Kier molecular flexibility index (Phi) is 3.57. The molecular formula is C14H15NO2S2. The zero-order chi connectivity index (χ0) is 13.2. The van der Waals surface area contributed by atoms with E-state index >= 15 is 0 Å². The van der Waals surface area contributed by atoms with Gasteiger partial charge in [0.15, 0.2) is 0 Å². The SMILES string of the molecule is O=C(O)CCCCCn1c2ccsc2c2sccc21. The average molecular weight is 293 g/mol. The number of thiophene rings is 2. The van der Waals surface area contributed by atoms with Crippen LogP contribution >= 0.6 is 22.7 Å². The van der Waals surface area contributed by atoms with Crippen molar-refractivity contribution in [1.29, 1.82) is 0 Å². The van der Waals surface area contributed by atoms with E-state index in [-0.39, 0.29) is 6.42 Å². The van der Waals surface area contributed by atoms with Crippen molar-refractivity contribution in [2.24, 2.45) is 0 Å². The maximum Gasteiger partial charge on any atom is 0.303 e. The van der Waals surface area contributed by atoms with E-state index < -0.39 is 5.97 Å². The monoisotopic (exact) mass is 293 g/mol. The zero-order valence-electron chi connectivity index (χ0n) is 10.5. The first-order valence-electron chi connectivity index (χ1n) is 6.42. The lowest BCUT2D eigenvalue weighted by Gasteiger charge is -2.05. The Bertz CT molecular complexity index is 659. The molecule has 3 nitrogen and oxygen atoms in total. The zero-order valence-corrected chi connectivity index (χ0v) is 12.1. The molecule has 3 rings (SSSR count). The number of aromatic nitrogens is 1. The quantitative estimate of drug-likeness (QED) is 0.677. The molecule has 0 bridgehead atoms. The van der Waals surface area contributed by atoms with Gasteiger partial charge in [-0.25, -0.2) is 0 Å². The predicted molar refractivity (Wildman–Crippen MR) is 81.3 cm³/mol. The maximum absolute atomic E-state index is 10.5. The Hall–Kier alpha value is -1.33. The van der Waals surface area contributed by atoms with Crippen LogP contribution in [0.1, 0.15) is 25.7 Å². The lowest BCUT2D eigenvalue weighted by molar-refractivity contribution is -0.137. The van der Waals surface area contributed by atoms with Gasteiger partial charge < -0.3 is 9.67 Å². The van der Waals surface area contributed by atoms with Crippen molar-refractivity contribution < 1.29 is 9.90 Å². The minimum atomic E-state index is -0.693. The van der Waals surface area contributed by atoms with Crippen molar-refractivity contribution in [3.05, 3.63) is 22.9 Å². The molecule has 0 saturated heterocycles. The summed E-state index contributed by atoms with van der Waals surface area (Å²) in [5, 5.41) is 12.9. The van der Waals surface area contributed by atoms with Crippen molar-refractivity contribution in [3.63, 3.8) is 0 Å². The van der Waals surface area contributed by atoms with Crippen molar-refractivity contribution in [2.75, 3.05) is 0 Å². The van der Waals surface area contributed by atoms with Crippen molar-refractivity contribution in [1.82, 2.24) is 4.57 Å². The topological polar surface area (TPSA) is 42.2 Å². The van der Waals surface area contributed by atoms with Crippen LogP contribution in [0.3, 0.4) is 0 Å². The van der Waals surface area contributed by atoms with Gasteiger partial charge >= 0.3 is 5.97 Å². The summed E-state index contributed by atoms with van der Waals surface area (Å²) in [6.07, 6.45) is 3.07. The van der Waals surface area contributed by atoms with Crippen LogP contribution in [0.5, 0.6) is 0 Å². The van der Waals surface area contributed by atoms with Crippen LogP contribution in [0.25, 0.3) is 20.4 Å². The number of carboxylic acid groups (broad SMARTS) is 1. The van der Waals surface area contributed by atoms with Crippen LogP contribution in [-0.2, 0) is 11.3 Å². The van der Waals surface area contributed by atoms with E-state index in [4.69, 9.17) is 5.11 Å². The molecule has 0 fully saturated rings. The Morgan fingerprint density at radius 3 is 2.26 bits per heavy atom.